The minimum absolute atomic E-state index is 0. The average Bonchev–Trinajstić information content (AvgIpc) is 3.26. The van der Waals surface area contributed by atoms with Crippen LogP contribution < -0.4 is 11.1 Å². The molecule has 1 amide bonds. The van der Waals surface area contributed by atoms with Crippen LogP contribution in [-0.2, 0) is 11.2 Å². The van der Waals surface area contributed by atoms with Crippen LogP contribution in [0.2, 0.25) is 0 Å². The SMILES string of the molecule is CCC(Cc1cccc(Br)c1)C(=O)NCC(N)C1CC1.Cl. The quantitative estimate of drug-likeness (QED) is 0.768. The van der Waals surface area contributed by atoms with Crippen molar-refractivity contribution in [1.82, 2.24) is 5.32 Å². The molecule has 0 spiro atoms. The van der Waals surface area contributed by atoms with Crippen molar-refractivity contribution in [1.29, 1.82) is 0 Å². The van der Waals surface area contributed by atoms with E-state index >= 15 is 0 Å². The normalized spacial score (nSPS) is 16.7. The first kappa shape index (κ1) is 18.5. The Morgan fingerprint density at radius 2 is 2.19 bits per heavy atom. The summed E-state index contributed by atoms with van der Waals surface area (Å²) in [4.78, 5) is 12.2. The molecular weight excluding hydrogens is 352 g/mol. The number of rotatable bonds is 7. The summed E-state index contributed by atoms with van der Waals surface area (Å²) < 4.78 is 1.06. The number of hydrogen-bond donors (Lipinski definition) is 2. The topological polar surface area (TPSA) is 55.1 Å². The van der Waals surface area contributed by atoms with Gasteiger partial charge >= 0.3 is 0 Å². The molecule has 5 heteroatoms. The fourth-order valence-corrected chi connectivity index (χ4v) is 2.87. The van der Waals surface area contributed by atoms with Crippen LogP contribution in [0.3, 0.4) is 0 Å². The first-order valence-corrected chi connectivity index (χ1v) is 8.17. The Labute approximate surface area is 141 Å². The van der Waals surface area contributed by atoms with Gasteiger partial charge in [-0.2, -0.15) is 0 Å². The average molecular weight is 376 g/mol. The Kier molecular flexibility index (Phi) is 7.71. The number of benzene rings is 1. The molecule has 0 radical (unpaired) electrons. The Hall–Kier alpha value is -0.580. The van der Waals surface area contributed by atoms with E-state index in [1.165, 1.54) is 18.4 Å². The highest BCUT2D eigenvalue weighted by molar-refractivity contribution is 9.10. The van der Waals surface area contributed by atoms with Gasteiger partial charge in [0.25, 0.3) is 0 Å². The van der Waals surface area contributed by atoms with Crippen molar-refractivity contribution in [3.05, 3.63) is 34.3 Å². The molecular formula is C16H24BrClN2O. The summed E-state index contributed by atoms with van der Waals surface area (Å²) in [5.41, 5.74) is 7.21. The molecule has 1 aromatic carbocycles. The lowest BCUT2D eigenvalue weighted by Crippen LogP contribution is -2.41. The van der Waals surface area contributed by atoms with Crippen LogP contribution >= 0.6 is 28.3 Å². The van der Waals surface area contributed by atoms with E-state index in [1.54, 1.807) is 0 Å². The highest BCUT2D eigenvalue weighted by Crippen LogP contribution is 2.31. The molecule has 2 unspecified atom stereocenters. The molecule has 2 rings (SSSR count). The Balaban J connectivity index is 0.00000220. The molecule has 0 heterocycles. The molecule has 118 valence electrons. The zero-order valence-corrected chi connectivity index (χ0v) is 14.8. The van der Waals surface area contributed by atoms with E-state index in [-0.39, 0.29) is 30.3 Å². The molecule has 1 aliphatic rings. The van der Waals surface area contributed by atoms with Crippen LogP contribution in [0.15, 0.2) is 28.7 Å². The standard InChI is InChI=1S/C16H23BrN2O.ClH/c1-2-12(8-11-4-3-5-14(17)9-11)16(20)19-10-15(18)13-6-7-13;/h3-5,9,12-13,15H,2,6-8,10,18H2,1H3,(H,19,20);1H. The van der Waals surface area contributed by atoms with E-state index in [0.29, 0.717) is 12.5 Å². The summed E-state index contributed by atoms with van der Waals surface area (Å²) >= 11 is 3.47. The summed E-state index contributed by atoms with van der Waals surface area (Å²) in [5.74, 6) is 0.778. The molecule has 2 atom stereocenters. The summed E-state index contributed by atoms with van der Waals surface area (Å²) in [6.45, 7) is 2.67. The van der Waals surface area contributed by atoms with Crippen molar-refractivity contribution in [3.8, 4) is 0 Å². The minimum atomic E-state index is 0. The second kappa shape index (κ2) is 8.76. The summed E-state index contributed by atoms with van der Waals surface area (Å²) in [5, 5.41) is 3.01. The van der Waals surface area contributed by atoms with Crippen molar-refractivity contribution >= 4 is 34.2 Å². The van der Waals surface area contributed by atoms with Gasteiger partial charge in [-0.3, -0.25) is 4.79 Å². The summed E-state index contributed by atoms with van der Waals surface area (Å²) in [6, 6.07) is 8.27. The predicted molar refractivity (Wildman–Crippen MR) is 92.6 cm³/mol. The molecule has 0 aromatic heterocycles. The van der Waals surface area contributed by atoms with Crippen LogP contribution in [0.1, 0.15) is 31.7 Å². The summed E-state index contributed by atoms with van der Waals surface area (Å²) in [7, 11) is 0. The van der Waals surface area contributed by atoms with Crippen LogP contribution in [0, 0.1) is 11.8 Å². The molecule has 0 aliphatic heterocycles. The van der Waals surface area contributed by atoms with Crippen LogP contribution in [-0.4, -0.2) is 18.5 Å². The third kappa shape index (κ3) is 5.97. The number of carbonyl (C=O) groups excluding carboxylic acids is 1. The predicted octanol–water partition coefficient (Wildman–Crippen LogP) is 3.29. The second-order valence-corrected chi connectivity index (χ2v) is 6.60. The maximum absolute atomic E-state index is 12.2. The van der Waals surface area contributed by atoms with Gasteiger partial charge in [0.1, 0.15) is 0 Å². The Morgan fingerprint density at radius 3 is 2.76 bits per heavy atom. The lowest BCUT2D eigenvalue weighted by Gasteiger charge is -2.17. The lowest BCUT2D eigenvalue weighted by atomic mass is 9.96. The number of carbonyl (C=O) groups is 1. The van der Waals surface area contributed by atoms with Crippen molar-refractivity contribution in [2.45, 2.75) is 38.6 Å². The molecule has 1 saturated carbocycles. The monoisotopic (exact) mass is 374 g/mol. The van der Waals surface area contributed by atoms with Gasteiger partial charge in [-0.15, -0.1) is 12.4 Å². The maximum Gasteiger partial charge on any atom is 0.223 e. The molecule has 0 bridgehead atoms. The fraction of sp³-hybridized carbons (Fsp3) is 0.562. The minimum Gasteiger partial charge on any atom is -0.354 e. The number of hydrogen-bond acceptors (Lipinski definition) is 2. The van der Waals surface area contributed by atoms with Crippen LogP contribution in [0.25, 0.3) is 0 Å². The second-order valence-electron chi connectivity index (χ2n) is 5.69. The zero-order valence-electron chi connectivity index (χ0n) is 12.3. The van der Waals surface area contributed by atoms with Gasteiger partial charge in [-0.05, 0) is 49.3 Å². The molecule has 21 heavy (non-hydrogen) atoms. The number of amides is 1. The van der Waals surface area contributed by atoms with E-state index < -0.39 is 0 Å². The van der Waals surface area contributed by atoms with E-state index in [4.69, 9.17) is 5.73 Å². The van der Waals surface area contributed by atoms with Crippen molar-refractivity contribution < 1.29 is 4.79 Å². The van der Waals surface area contributed by atoms with Crippen molar-refractivity contribution in [2.24, 2.45) is 17.6 Å². The molecule has 3 N–H and O–H groups in total. The molecule has 1 aromatic rings. The smallest absolute Gasteiger partial charge is 0.223 e. The van der Waals surface area contributed by atoms with Gasteiger partial charge in [-0.25, -0.2) is 0 Å². The third-order valence-corrected chi connectivity index (χ3v) is 4.47. The van der Waals surface area contributed by atoms with E-state index in [2.05, 4.69) is 40.3 Å². The molecule has 0 saturated heterocycles. The highest BCUT2D eigenvalue weighted by Gasteiger charge is 2.29. The van der Waals surface area contributed by atoms with Gasteiger partial charge < -0.3 is 11.1 Å². The van der Waals surface area contributed by atoms with Crippen LogP contribution in [0.5, 0.6) is 0 Å². The van der Waals surface area contributed by atoms with Crippen molar-refractivity contribution in [3.63, 3.8) is 0 Å². The lowest BCUT2D eigenvalue weighted by molar-refractivity contribution is -0.125. The highest BCUT2D eigenvalue weighted by atomic mass is 79.9. The largest absolute Gasteiger partial charge is 0.354 e. The van der Waals surface area contributed by atoms with Gasteiger partial charge in [0, 0.05) is 23.0 Å². The van der Waals surface area contributed by atoms with Crippen LogP contribution in [0.4, 0.5) is 0 Å². The van der Waals surface area contributed by atoms with Gasteiger partial charge in [0.05, 0.1) is 0 Å². The first-order chi connectivity index (χ1) is 9.60. The van der Waals surface area contributed by atoms with E-state index in [9.17, 15) is 4.79 Å². The molecule has 1 aliphatic carbocycles. The van der Waals surface area contributed by atoms with E-state index in [1.807, 2.05) is 12.1 Å². The van der Waals surface area contributed by atoms with E-state index in [0.717, 1.165) is 17.3 Å². The zero-order chi connectivity index (χ0) is 14.5. The number of halogens is 2. The van der Waals surface area contributed by atoms with Crippen molar-refractivity contribution in [2.75, 3.05) is 6.54 Å². The third-order valence-electron chi connectivity index (χ3n) is 3.97. The maximum atomic E-state index is 12.2. The number of nitrogens with two attached hydrogens (primary N) is 1. The summed E-state index contributed by atoms with van der Waals surface area (Å²) in [6.07, 6.45) is 4.05. The number of nitrogens with one attached hydrogen (secondary N) is 1. The van der Waals surface area contributed by atoms with Gasteiger partial charge in [-0.1, -0.05) is 35.0 Å². The van der Waals surface area contributed by atoms with Gasteiger partial charge in [0.15, 0.2) is 0 Å². The fourth-order valence-electron chi connectivity index (χ4n) is 2.42. The molecule has 3 nitrogen and oxygen atoms in total. The Bertz CT molecular complexity index is 465. The molecule has 1 fully saturated rings. The van der Waals surface area contributed by atoms with Gasteiger partial charge in [0.2, 0.25) is 5.91 Å². The Morgan fingerprint density at radius 1 is 1.48 bits per heavy atom. The first-order valence-electron chi connectivity index (χ1n) is 7.38.